The third-order valence-electron chi connectivity index (χ3n) is 2.44. The molecule has 0 fully saturated rings. The summed E-state index contributed by atoms with van der Waals surface area (Å²) in [6.45, 7) is 2.10. The van der Waals surface area contributed by atoms with Crippen molar-refractivity contribution in [1.82, 2.24) is 4.90 Å². The fourth-order valence-electron chi connectivity index (χ4n) is 1.46. The minimum atomic E-state index is -0.899. The van der Waals surface area contributed by atoms with Gasteiger partial charge in [0.2, 0.25) is 0 Å². The Labute approximate surface area is 114 Å². The standard InChI is InChI=1S/C12H14INO3/c1-8-4-3-5-9(13)11(8)12(17)14(2)7-6-10(15)16/h3-5H,6-7H2,1-2H3,(H,15,16). The average Bonchev–Trinajstić information content (AvgIpc) is 2.25. The number of carboxylic acids is 1. The normalized spacial score (nSPS) is 10.1. The Kier molecular flexibility index (Phi) is 4.92. The zero-order chi connectivity index (χ0) is 13.0. The number of hydrogen-bond acceptors (Lipinski definition) is 2. The summed E-state index contributed by atoms with van der Waals surface area (Å²) >= 11 is 2.11. The molecule has 0 heterocycles. The number of aryl methyl sites for hydroxylation is 1. The van der Waals surface area contributed by atoms with Crippen LogP contribution in [0.1, 0.15) is 22.3 Å². The first kappa shape index (κ1) is 14.0. The number of amides is 1. The summed E-state index contributed by atoms with van der Waals surface area (Å²) in [6, 6.07) is 5.64. The summed E-state index contributed by atoms with van der Waals surface area (Å²) in [5.74, 6) is -1.03. The minimum Gasteiger partial charge on any atom is -0.481 e. The highest BCUT2D eigenvalue weighted by atomic mass is 127. The van der Waals surface area contributed by atoms with Crippen molar-refractivity contribution < 1.29 is 14.7 Å². The number of carboxylic acid groups (broad SMARTS) is 1. The van der Waals surface area contributed by atoms with E-state index < -0.39 is 5.97 Å². The maximum Gasteiger partial charge on any atom is 0.305 e. The highest BCUT2D eigenvalue weighted by Gasteiger charge is 2.17. The second kappa shape index (κ2) is 6.00. The van der Waals surface area contributed by atoms with E-state index in [2.05, 4.69) is 22.6 Å². The van der Waals surface area contributed by atoms with E-state index in [4.69, 9.17) is 5.11 Å². The van der Waals surface area contributed by atoms with E-state index in [0.29, 0.717) is 5.56 Å². The van der Waals surface area contributed by atoms with Crippen LogP contribution in [0.5, 0.6) is 0 Å². The predicted molar refractivity (Wildman–Crippen MR) is 73.1 cm³/mol. The lowest BCUT2D eigenvalue weighted by Gasteiger charge is -2.18. The summed E-state index contributed by atoms with van der Waals surface area (Å²) < 4.78 is 0.884. The second-order valence-electron chi connectivity index (χ2n) is 3.80. The first-order valence-corrected chi connectivity index (χ1v) is 6.23. The van der Waals surface area contributed by atoms with Gasteiger partial charge in [-0.2, -0.15) is 0 Å². The van der Waals surface area contributed by atoms with Crippen molar-refractivity contribution in [3.63, 3.8) is 0 Å². The molecule has 0 aromatic heterocycles. The van der Waals surface area contributed by atoms with E-state index in [-0.39, 0.29) is 18.9 Å². The van der Waals surface area contributed by atoms with Crippen molar-refractivity contribution in [1.29, 1.82) is 0 Å². The molecule has 0 atom stereocenters. The third kappa shape index (κ3) is 3.69. The van der Waals surface area contributed by atoms with Gasteiger partial charge in [0.25, 0.3) is 5.91 Å². The van der Waals surface area contributed by atoms with Gasteiger partial charge in [-0.05, 0) is 41.1 Å². The van der Waals surface area contributed by atoms with Gasteiger partial charge in [0.05, 0.1) is 12.0 Å². The van der Waals surface area contributed by atoms with Gasteiger partial charge >= 0.3 is 5.97 Å². The largest absolute Gasteiger partial charge is 0.481 e. The number of carbonyl (C=O) groups excluding carboxylic acids is 1. The highest BCUT2D eigenvalue weighted by molar-refractivity contribution is 14.1. The quantitative estimate of drug-likeness (QED) is 0.850. The van der Waals surface area contributed by atoms with Crippen molar-refractivity contribution in [2.45, 2.75) is 13.3 Å². The molecule has 0 spiro atoms. The molecule has 0 bridgehead atoms. The molecule has 1 aromatic rings. The van der Waals surface area contributed by atoms with E-state index in [0.717, 1.165) is 9.13 Å². The van der Waals surface area contributed by atoms with Crippen LogP contribution in [0.15, 0.2) is 18.2 Å². The maximum atomic E-state index is 12.1. The van der Waals surface area contributed by atoms with E-state index in [9.17, 15) is 9.59 Å². The SMILES string of the molecule is Cc1cccc(I)c1C(=O)N(C)CCC(=O)O. The van der Waals surface area contributed by atoms with Gasteiger partial charge < -0.3 is 10.0 Å². The monoisotopic (exact) mass is 347 g/mol. The summed E-state index contributed by atoms with van der Waals surface area (Å²) in [4.78, 5) is 24.0. The molecule has 0 aliphatic rings. The molecule has 1 aromatic carbocycles. The molecular formula is C12H14INO3. The number of hydrogen-bond donors (Lipinski definition) is 1. The number of rotatable bonds is 4. The van der Waals surface area contributed by atoms with Crippen LogP contribution in [0.4, 0.5) is 0 Å². The number of nitrogens with zero attached hydrogens (tertiary/aromatic N) is 1. The molecule has 0 aliphatic heterocycles. The maximum absolute atomic E-state index is 12.1. The van der Waals surface area contributed by atoms with Crippen molar-refractivity contribution in [2.24, 2.45) is 0 Å². The lowest BCUT2D eigenvalue weighted by atomic mass is 10.1. The zero-order valence-electron chi connectivity index (χ0n) is 9.74. The molecule has 1 N–H and O–H groups in total. The summed E-state index contributed by atoms with van der Waals surface area (Å²) in [5, 5.41) is 8.58. The van der Waals surface area contributed by atoms with Crippen LogP contribution in [0.2, 0.25) is 0 Å². The van der Waals surface area contributed by atoms with Crippen LogP contribution in [-0.4, -0.2) is 35.5 Å². The second-order valence-corrected chi connectivity index (χ2v) is 4.96. The average molecular weight is 347 g/mol. The molecule has 4 nitrogen and oxygen atoms in total. The van der Waals surface area contributed by atoms with Crippen LogP contribution in [0.25, 0.3) is 0 Å². The molecule has 0 saturated carbocycles. The third-order valence-corrected chi connectivity index (χ3v) is 3.34. The molecule has 0 unspecified atom stereocenters. The Balaban J connectivity index is 2.85. The topological polar surface area (TPSA) is 57.6 Å². The molecule has 1 amide bonds. The number of benzene rings is 1. The van der Waals surface area contributed by atoms with Gasteiger partial charge in [-0.25, -0.2) is 0 Å². The van der Waals surface area contributed by atoms with Crippen LogP contribution in [0, 0.1) is 10.5 Å². The molecule has 5 heteroatoms. The Morgan fingerprint density at radius 2 is 2.06 bits per heavy atom. The van der Waals surface area contributed by atoms with E-state index in [1.54, 1.807) is 7.05 Å². The molecule has 92 valence electrons. The highest BCUT2D eigenvalue weighted by Crippen LogP contribution is 2.18. The van der Waals surface area contributed by atoms with E-state index >= 15 is 0 Å². The lowest BCUT2D eigenvalue weighted by Crippen LogP contribution is -2.30. The van der Waals surface area contributed by atoms with Crippen molar-refractivity contribution in [3.8, 4) is 0 Å². The number of halogens is 1. The van der Waals surface area contributed by atoms with E-state index in [1.165, 1.54) is 4.90 Å². The Morgan fingerprint density at radius 3 is 2.59 bits per heavy atom. The van der Waals surface area contributed by atoms with Gasteiger partial charge in [-0.1, -0.05) is 12.1 Å². The van der Waals surface area contributed by atoms with Crippen molar-refractivity contribution in [2.75, 3.05) is 13.6 Å². The number of aliphatic carboxylic acids is 1. The van der Waals surface area contributed by atoms with Crippen LogP contribution in [0.3, 0.4) is 0 Å². The van der Waals surface area contributed by atoms with Crippen molar-refractivity contribution >= 4 is 34.5 Å². The van der Waals surface area contributed by atoms with Gasteiger partial charge in [0, 0.05) is 17.2 Å². The Bertz CT molecular complexity index is 425. The molecule has 0 aliphatic carbocycles. The summed E-state index contributed by atoms with van der Waals surface area (Å²) in [7, 11) is 1.62. The Morgan fingerprint density at radius 1 is 1.41 bits per heavy atom. The van der Waals surface area contributed by atoms with Gasteiger partial charge in [0.15, 0.2) is 0 Å². The number of carbonyl (C=O) groups is 2. The first-order valence-electron chi connectivity index (χ1n) is 5.16. The molecule has 1 rings (SSSR count). The zero-order valence-corrected chi connectivity index (χ0v) is 11.9. The molecule has 0 saturated heterocycles. The molecule has 17 heavy (non-hydrogen) atoms. The molecule has 0 radical (unpaired) electrons. The van der Waals surface area contributed by atoms with Crippen LogP contribution < -0.4 is 0 Å². The predicted octanol–water partition coefficient (Wildman–Crippen LogP) is 2.15. The van der Waals surface area contributed by atoms with Crippen LogP contribution in [-0.2, 0) is 4.79 Å². The molecular weight excluding hydrogens is 333 g/mol. The van der Waals surface area contributed by atoms with Gasteiger partial charge in [-0.3, -0.25) is 9.59 Å². The van der Waals surface area contributed by atoms with Gasteiger partial charge in [-0.15, -0.1) is 0 Å². The fourth-order valence-corrected chi connectivity index (χ4v) is 2.32. The minimum absolute atomic E-state index is 0.0370. The van der Waals surface area contributed by atoms with E-state index in [1.807, 2.05) is 25.1 Å². The fraction of sp³-hybridized carbons (Fsp3) is 0.333. The van der Waals surface area contributed by atoms with Crippen LogP contribution >= 0.6 is 22.6 Å². The lowest BCUT2D eigenvalue weighted by molar-refractivity contribution is -0.137. The summed E-state index contributed by atoms with van der Waals surface area (Å²) in [5.41, 5.74) is 1.56. The van der Waals surface area contributed by atoms with Gasteiger partial charge in [0.1, 0.15) is 0 Å². The smallest absolute Gasteiger partial charge is 0.305 e. The van der Waals surface area contributed by atoms with Crippen molar-refractivity contribution in [3.05, 3.63) is 32.9 Å². The summed E-state index contributed by atoms with van der Waals surface area (Å²) in [6.07, 6.45) is -0.0370. The Hall–Kier alpha value is -1.11. The first-order chi connectivity index (χ1) is 7.93.